The Kier molecular flexibility index (Phi) is 3.14. The normalized spacial score (nSPS) is 15.2. The molecule has 1 aliphatic heterocycles. The minimum absolute atomic E-state index is 0.136. The van der Waals surface area contributed by atoms with Gasteiger partial charge in [-0.1, -0.05) is 15.9 Å². The monoisotopic (exact) mass is 307 g/mol. The van der Waals surface area contributed by atoms with E-state index in [1.165, 1.54) is 5.56 Å². The quantitative estimate of drug-likeness (QED) is 0.947. The molecule has 0 fully saturated rings. The van der Waals surface area contributed by atoms with Crippen molar-refractivity contribution in [1.29, 1.82) is 0 Å². The van der Waals surface area contributed by atoms with Crippen LogP contribution in [0.2, 0.25) is 0 Å². The molecule has 3 nitrogen and oxygen atoms in total. The van der Waals surface area contributed by atoms with Crippen molar-refractivity contribution in [2.75, 3.05) is 6.61 Å². The van der Waals surface area contributed by atoms with E-state index >= 15 is 0 Å². The van der Waals surface area contributed by atoms with Gasteiger partial charge in [0.25, 0.3) is 0 Å². The Bertz CT molecular complexity index is 551. The van der Waals surface area contributed by atoms with Crippen LogP contribution in [0.3, 0.4) is 0 Å². The number of rotatable bonds is 3. The zero-order valence-corrected chi connectivity index (χ0v) is 11.4. The number of nitrogens with two attached hydrogens (primary N) is 1. The molecule has 0 spiro atoms. The molecular formula is C14H14BrNO2. The predicted molar refractivity (Wildman–Crippen MR) is 72.7 cm³/mol. The molecule has 0 radical (unpaired) electrons. The number of ether oxygens (including phenoxy) is 1. The van der Waals surface area contributed by atoms with Crippen molar-refractivity contribution in [2.45, 2.75) is 18.9 Å². The van der Waals surface area contributed by atoms with Gasteiger partial charge in [-0.05, 0) is 41.8 Å². The van der Waals surface area contributed by atoms with E-state index in [2.05, 4.69) is 28.1 Å². The summed E-state index contributed by atoms with van der Waals surface area (Å²) < 4.78 is 12.1. The van der Waals surface area contributed by atoms with Gasteiger partial charge in [-0.3, -0.25) is 0 Å². The van der Waals surface area contributed by atoms with Gasteiger partial charge in [0.2, 0.25) is 0 Å². The average Bonchev–Trinajstić information content (AvgIpc) is 2.98. The van der Waals surface area contributed by atoms with Crippen LogP contribution in [-0.4, -0.2) is 6.61 Å². The maximum atomic E-state index is 6.15. The van der Waals surface area contributed by atoms with Crippen LogP contribution in [0, 0.1) is 0 Å². The molecule has 1 aliphatic rings. The third kappa shape index (κ3) is 2.18. The predicted octanol–water partition coefficient (Wildman–Crippen LogP) is 3.22. The van der Waals surface area contributed by atoms with Crippen LogP contribution in [0.15, 0.2) is 39.4 Å². The van der Waals surface area contributed by atoms with E-state index in [0.29, 0.717) is 0 Å². The smallest absolute Gasteiger partial charge is 0.125 e. The molecule has 1 unspecified atom stereocenters. The lowest BCUT2D eigenvalue weighted by molar-refractivity contribution is 0.351. The van der Waals surface area contributed by atoms with Gasteiger partial charge in [-0.2, -0.15) is 0 Å². The van der Waals surface area contributed by atoms with Crippen molar-refractivity contribution >= 4 is 15.9 Å². The number of furan rings is 1. The number of fused-ring (bicyclic) bond motifs is 1. The molecule has 0 aliphatic carbocycles. The van der Waals surface area contributed by atoms with Crippen molar-refractivity contribution in [3.05, 3.63) is 51.9 Å². The van der Waals surface area contributed by atoms with Crippen LogP contribution in [0.1, 0.15) is 22.9 Å². The summed E-state index contributed by atoms with van der Waals surface area (Å²) in [5, 5.41) is 0. The largest absolute Gasteiger partial charge is 0.493 e. The first-order chi connectivity index (χ1) is 8.74. The molecule has 94 valence electrons. The molecule has 0 bridgehead atoms. The van der Waals surface area contributed by atoms with Crippen LogP contribution >= 0.6 is 15.9 Å². The fourth-order valence-electron chi connectivity index (χ4n) is 2.34. The second-order valence-corrected chi connectivity index (χ2v) is 5.39. The summed E-state index contributed by atoms with van der Waals surface area (Å²) in [5.41, 5.74) is 8.55. The summed E-state index contributed by atoms with van der Waals surface area (Å²) >= 11 is 3.53. The molecule has 3 rings (SSSR count). The van der Waals surface area contributed by atoms with Crippen LogP contribution in [-0.2, 0) is 12.8 Å². The van der Waals surface area contributed by atoms with Crippen molar-refractivity contribution in [3.63, 3.8) is 0 Å². The Balaban J connectivity index is 1.89. The van der Waals surface area contributed by atoms with E-state index in [9.17, 15) is 0 Å². The van der Waals surface area contributed by atoms with Crippen molar-refractivity contribution in [1.82, 2.24) is 0 Å². The molecule has 1 aromatic carbocycles. The average molecular weight is 308 g/mol. The third-order valence-electron chi connectivity index (χ3n) is 3.17. The Morgan fingerprint density at radius 1 is 1.39 bits per heavy atom. The van der Waals surface area contributed by atoms with Gasteiger partial charge >= 0.3 is 0 Å². The Morgan fingerprint density at radius 2 is 2.28 bits per heavy atom. The zero-order chi connectivity index (χ0) is 12.5. The summed E-state index contributed by atoms with van der Waals surface area (Å²) in [6, 6.07) is 7.82. The van der Waals surface area contributed by atoms with Gasteiger partial charge in [0, 0.05) is 10.9 Å². The third-order valence-corrected chi connectivity index (χ3v) is 3.63. The standard InChI is InChI=1S/C14H14BrNO2/c15-11-6-9-3-5-18-14(9)10(7-11)8-12(16)13-2-1-4-17-13/h1-2,4,6-7,12H,3,5,8,16H2. The lowest BCUT2D eigenvalue weighted by Crippen LogP contribution is -2.13. The highest BCUT2D eigenvalue weighted by molar-refractivity contribution is 9.10. The molecule has 1 aromatic heterocycles. The van der Waals surface area contributed by atoms with E-state index in [-0.39, 0.29) is 6.04 Å². The number of benzene rings is 1. The van der Waals surface area contributed by atoms with E-state index in [1.807, 2.05) is 12.1 Å². The summed E-state index contributed by atoms with van der Waals surface area (Å²) in [6.07, 6.45) is 3.34. The number of hydrogen-bond acceptors (Lipinski definition) is 3. The zero-order valence-electron chi connectivity index (χ0n) is 9.86. The highest BCUT2D eigenvalue weighted by Gasteiger charge is 2.20. The Hall–Kier alpha value is -1.26. The maximum Gasteiger partial charge on any atom is 0.125 e. The van der Waals surface area contributed by atoms with Crippen LogP contribution < -0.4 is 10.5 Å². The maximum absolute atomic E-state index is 6.15. The van der Waals surface area contributed by atoms with Crippen LogP contribution in [0.4, 0.5) is 0 Å². The lowest BCUT2D eigenvalue weighted by Gasteiger charge is -2.13. The molecule has 0 saturated carbocycles. The minimum Gasteiger partial charge on any atom is -0.493 e. The highest BCUT2D eigenvalue weighted by atomic mass is 79.9. The van der Waals surface area contributed by atoms with Gasteiger partial charge in [-0.15, -0.1) is 0 Å². The molecule has 1 atom stereocenters. The Morgan fingerprint density at radius 3 is 3.06 bits per heavy atom. The van der Waals surface area contributed by atoms with Gasteiger partial charge < -0.3 is 14.9 Å². The molecule has 2 N–H and O–H groups in total. The second-order valence-electron chi connectivity index (χ2n) is 4.48. The fourth-order valence-corrected chi connectivity index (χ4v) is 2.89. The van der Waals surface area contributed by atoms with E-state index < -0.39 is 0 Å². The van der Waals surface area contributed by atoms with Gasteiger partial charge in [-0.25, -0.2) is 0 Å². The summed E-state index contributed by atoms with van der Waals surface area (Å²) in [6.45, 7) is 0.759. The molecule has 0 saturated heterocycles. The molecule has 18 heavy (non-hydrogen) atoms. The number of hydrogen-bond donors (Lipinski definition) is 1. The molecule has 0 amide bonds. The fraction of sp³-hybridized carbons (Fsp3) is 0.286. The summed E-state index contributed by atoms with van der Waals surface area (Å²) in [5.74, 6) is 1.81. The minimum atomic E-state index is -0.136. The Labute approximate surface area is 114 Å². The molecular weight excluding hydrogens is 294 g/mol. The second kappa shape index (κ2) is 4.78. The highest BCUT2D eigenvalue weighted by Crippen LogP contribution is 2.35. The van der Waals surface area contributed by atoms with Gasteiger partial charge in [0.1, 0.15) is 11.5 Å². The number of halogens is 1. The van der Waals surface area contributed by atoms with Crippen molar-refractivity contribution in [3.8, 4) is 5.75 Å². The van der Waals surface area contributed by atoms with Crippen LogP contribution in [0.25, 0.3) is 0 Å². The topological polar surface area (TPSA) is 48.4 Å². The molecule has 2 aromatic rings. The van der Waals surface area contributed by atoms with Gasteiger partial charge in [0.05, 0.1) is 18.9 Å². The summed E-state index contributed by atoms with van der Waals surface area (Å²) in [7, 11) is 0. The first-order valence-electron chi connectivity index (χ1n) is 5.97. The van der Waals surface area contributed by atoms with Crippen LogP contribution in [0.5, 0.6) is 5.75 Å². The van der Waals surface area contributed by atoms with Crippen molar-refractivity contribution < 1.29 is 9.15 Å². The first kappa shape index (κ1) is 11.8. The molecule has 2 heterocycles. The van der Waals surface area contributed by atoms with E-state index in [4.69, 9.17) is 14.9 Å². The van der Waals surface area contributed by atoms with Crippen molar-refractivity contribution in [2.24, 2.45) is 5.73 Å². The SMILES string of the molecule is NC(Cc1cc(Br)cc2c1OCC2)c1ccco1. The van der Waals surface area contributed by atoms with E-state index in [0.717, 1.165) is 41.0 Å². The molecule has 4 heteroatoms. The van der Waals surface area contributed by atoms with Gasteiger partial charge in [0.15, 0.2) is 0 Å². The first-order valence-corrected chi connectivity index (χ1v) is 6.76. The summed E-state index contributed by atoms with van der Waals surface area (Å²) in [4.78, 5) is 0. The van der Waals surface area contributed by atoms with E-state index in [1.54, 1.807) is 6.26 Å². The lowest BCUT2D eigenvalue weighted by atomic mass is 10.0.